The molecule has 0 saturated carbocycles. The highest BCUT2D eigenvalue weighted by atomic mass is 16.6. The van der Waals surface area contributed by atoms with Crippen molar-refractivity contribution in [1.82, 2.24) is 0 Å². The Morgan fingerprint density at radius 3 is 2.04 bits per heavy atom. The van der Waals surface area contributed by atoms with Gasteiger partial charge in [0.1, 0.15) is 0 Å². The Bertz CT molecular complexity index is 357. The Morgan fingerprint density at radius 2 is 1.44 bits per heavy atom. The summed E-state index contributed by atoms with van der Waals surface area (Å²) in [6.45, 7) is 2.05. The van der Waals surface area contributed by atoms with Gasteiger partial charge in [-0.15, -0.1) is 0 Å². The van der Waals surface area contributed by atoms with Crippen molar-refractivity contribution in [2.45, 2.75) is 96.6 Å². The van der Waals surface area contributed by atoms with Crippen LogP contribution in [0.2, 0.25) is 0 Å². The number of esters is 1. The van der Waals surface area contributed by atoms with E-state index in [0.29, 0.717) is 44.9 Å². The van der Waals surface area contributed by atoms with E-state index < -0.39 is 30.4 Å². The van der Waals surface area contributed by atoms with Gasteiger partial charge in [0.2, 0.25) is 6.29 Å². The zero-order valence-corrected chi connectivity index (χ0v) is 15.2. The van der Waals surface area contributed by atoms with Gasteiger partial charge in [-0.25, -0.2) is 0 Å². The molecule has 0 fully saturated rings. The third-order valence-electron chi connectivity index (χ3n) is 4.10. The average molecular weight is 362 g/mol. The van der Waals surface area contributed by atoms with E-state index in [9.17, 15) is 14.7 Å². The van der Waals surface area contributed by atoms with Gasteiger partial charge in [0.15, 0.2) is 6.29 Å². The molecular weight excluding hydrogens is 328 g/mol. The largest absolute Gasteiger partial charge is 0.481 e. The van der Waals surface area contributed by atoms with Gasteiger partial charge in [0.25, 0.3) is 0 Å². The number of carboxylic acids is 1. The normalized spacial score (nSPS) is 13.6. The quantitative estimate of drug-likeness (QED) is 0.189. The molecule has 7 heteroatoms. The van der Waals surface area contributed by atoms with Crippen molar-refractivity contribution in [1.29, 1.82) is 0 Å². The molecule has 0 aliphatic carbocycles. The number of ether oxygens (including phenoxy) is 1. The molecule has 0 aromatic rings. The van der Waals surface area contributed by atoms with Crippen LogP contribution in [-0.4, -0.2) is 44.9 Å². The van der Waals surface area contributed by atoms with E-state index >= 15 is 0 Å². The zero-order valence-electron chi connectivity index (χ0n) is 15.2. The first-order valence-electron chi connectivity index (χ1n) is 9.33. The molecule has 7 nitrogen and oxygen atoms in total. The highest BCUT2D eigenvalue weighted by molar-refractivity contribution is 5.72. The number of aliphatic hydroxyl groups excluding tert-OH is 2. The summed E-state index contributed by atoms with van der Waals surface area (Å²) in [5, 5.41) is 36.1. The minimum Gasteiger partial charge on any atom is -0.481 e. The van der Waals surface area contributed by atoms with Crippen molar-refractivity contribution in [3.63, 3.8) is 0 Å². The molecule has 25 heavy (non-hydrogen) atoms. The van der Waals surface area contributed by atoms with Gasteiger partial charge in [-0.1, -0.05) is 32.6 Å². The summed E-state index contributed by atoms with van der Waals surface area (Å²) in [7, 11) is 0. The lowest BCUT2D eigenvalue weighted by Crippen LogP contribution is -2.24. The van der Waals surface area contributed by atoms with Crippen LogP contribution < -0.4 is 0 Å². The summed E-state index contributed by atoms with van der Waals surface area (Å²) in [5.74, 6) is -1.81. The third kappa shape index (κ3) is 14.8. The smallest absolute Gasteiger partial charge is 0.311 e. The van der Waals surface area contributed by atoms with E-state index in [1.54, 1.807) is 0 Å². The molecule has 0 aromatic heterocycles. The fourth-order valence-corrected chi connectivity index (χ4v) is 2.63. The molecule has 0 aromatic carbocycles. The van der Waals surface area contributed by atoms with Gasteiger partial charge in [-0.2, -0.15) is 0 Å². The third-order valence-corrected chi connectivity index (χ3v) is 4.10. The summed E-state index contributed by atoms with van der Waals surface area (Å²) >= 11 is 0. The molecule has 2 atom stereocenters. The second-order valence-corrected chi connectivity index (χ2v) is 6.49. The predicted molar refractivity (Wildman–Crippen MR) is 92.5 cm³/mol. The molecule has 0 heterocycles. The molecule has 4 N–H and O–H groups in total. The molecule has 0 saturated heterocycles. The van der Waals surface area contributed by atoms with Crippen LogP contribution in [0, 0.1) is 5.92 Å². The predicted octanol–water partition coefficient (Wildman–Crippen LogP) is 2.56. The standard InChI is InChI=1S/C18H34O7/c1-2-3-5-13-17(23)25-18(24)14(10-8-12-16(21)22)9-6-4-7-11-15(19)20/h14-15,17,19-20,23H,2-13H2,1H3,(H,21,22). The Labute approximate surface area is 150 Å². The van der Waals surface area contributed by atoms with Crippen molar-refractivity contribution in [3.05, 3.63) is 0 Å². The molecular formula is C18H34O7. The lowest BCUT2D eigenvalue weighted by Gasteiger charge is -2.18. The van der Waals surface area contributed by atoms with Crippen LogP contribution >= 0.6 is 0 Å². The van der Waals surface area contributed by atoms with Crippen LogP contribution in [0.25, 0.3) is 0 Å². The molecule has 0 rings (SSSR count). The van der Waals surface area contributed by atoms with E-state index in [0.717, 1.165) is 25.7 Å². The van der Waals surface area contributed by atoms with Crippen LogP contribution in [0.5, 0.6) is 0 Å². The molecule has 148 valence electrons. The number of carbonyl (C=O) groups excluding carboxylic acids is 1. The number of aliphatic carboxylic acids is 1. The molecule has 0 radical (unpaired) electrons. The van der Waals surface area contributed by atoms with Gasteiger partial charge in [0.05, 0.1) is 5.92 Å². The Hall–Kier alpha value is -1.18. The average Bonchev–Trinajstić information content (AvgIpc) is 2.52. The molecule has 0 aliphatic rings. The second-order valence-electron chi connectivity index (χ2n) is 6.49. The number of hydrogen-bond acceptors (Lipinski definition) is 6. The molecule has 0 aliphatic heterocycles. The Morgan fingerprint density at radius 1 is 0.840 bits per heavy atom. The number of aliphatic hydroxyl groups is 3. The van der Waals surface area contributed by atoms with Crippen molar-refractivity contribution >= 4 is 11.9 Å². The number of rotatable bonds is 16. The maximum atomic E-state index is 12.2. The topological polar surface area (TPSA) is 124 Å². The summed E-state index contributed by atoms with van der Waals surface area (Å²) < 4.78 is 5.10. The van der Waals surface area contributed by atoms with Crippen molar-refractivity contribution < 1.29 is 34.8 Å². The van der Waals surface area contributed by atoms with Crippen LogP contribution in [-0.2, 0) is 14.3 Å². The first kappa shape index (κ1) is 23.8. The van der Waals surface area contributed by atoms with E-state index in [1.807, 2.05) is 6.92 Å². The highest BCUT2D eigenvalue weighted by Gasteiger charge is 2.22. The monoisotopic (exact) mass is 362 g/mol. The lowest BCUT2D eigenvalue weighted by molar-refractivity contribution is -0.174. The van der Waals surface area contributed by atoms with Gasteiger partial charge >= 0.3 is 11.9 Å². The summed E-state index contributed by atoms with van der Waals surface area (Å²) in [6, 6.07) is 0. The minimum atomic E-state index is -1.31. The van der Waals surface area contributed by atoms with E-state index in [4.69, 9.17) is 20.1 Å². The van der Waals surface area contributed by atoms with Crippen LogP contribution in [0.4, 0.5) is 0 Å². The molecule has 0 amide bonds. The van der Waals surface area contributed by atoms with Crippen molar-refractivity contribution in [2.24, 2.45) is 5.92 Å². The number of unbranched alkanes of at least 4 members (excludes halogenated alkanes) is 4. The first-order valence-corrected chi connectivity index (χ1v) is 9.33. The van der Waals surface area contributed by atoms with Crippen LogP contribution in [0.15, 0.2) is 0 Å². The maximum absolute atomic E-state index is 12.2. The summed E-state index contributed by atoms with van der Waals surface area (Å²) in [4.78, 5) is 22.9. The first-order chi connectivity index (χ1) is 11.9. The van der Waals surface area contributed by atoms with Crippen LogP contribution in [0.3, 0.4) is 0 Å². The molecule has 0 bridgehead atoms. The van der Waals surface area contributed by atoms with E-state index in [2.05, 4.69) is 0 Å². The zero-order chi connectivity index (χ0) is 19.1. The van der Waals surface area contributed by atoms with E-state index in [-0.39, 0.29) is 6.42 Å². The van der Waals surface area contributed by atoms with E-state index in [1.165, 1.54) is 0 Å². The second kappa shape index (κ2) is 15.1. The number of hydrogen-bond donors (Lipinski definition) is 4. The van der Waals surface area contributed by atoms with Crippen LogP contribution in [0.1, 0.15) is 84.0 Å². The maximum Gasteiger partial charge on any atom is 0.311 e. The molecule has 0 spiro atoms. The fraction of sp³-hybridized carbons (Fsp3) is 0.889. The minimum absolute atomic E-state index is 0.000458. The number of carbonyl (C=O) groups is 2. The van der Waals surface area contributed by atoms with Gasteiger partial charge in [-0.05, 0) is 38.5 Å². The summed E-state index contributed by atoms with van der Waals surface area (Å²) in [5.41, 5.74) is 0. The molecule has 2 unspecified atom stereocenters. The fourth-order valence-electron chi connectivity index (χ4n) is 2.63. The Balaban J connectivity index is 4.28. The SMILES string of the molecule is CCCCCC(O)OC(=O)C(CCCCCC(O)O)CCCC(=O)O. The van der Waals surface area contributed by atoms with Gasteiger partial charge in [0, 0.05) is 12.8 Å². The van der Waals surface area contributed by atoms with Crippen molar-refractivity contribution in [2.75, 3.05) is 0 Å². The van der Waals surface area contributed by atoms with Gasteiger partial charge in [-0.3, -0.25) is 9.59 Å². The Kier molecular flexibility index (Phi) is 14.4. The summed E-state index contributed by atoms with van der Waals surface area (Å²) in [6.07, 6.45) is 4.51. The van der Waals surface area contributed by atoms with Gasteiger partial charge < -0.3 is 25.2 Å². The number of carboxylic acid groups (broad SMARTS) is 1. The highest BCUT2D eigenvalue weighted by Crippen LogP contribution is 2.20. The van der Waals surface area contributed by atoms with Crippen molar-refractivity contribution in [3.8, 4) is 0 Å². The lowest BCUT2D eigenvalue weighted by atomic mass is 9.95.